The lowest BCUT2D eigenvalue weighted by Crippen LogP contribution is -2.34. The number of rotatable bonds is 8. The molecule has 5 heteroatoms. The fourth-order valence-electron chi connectivity index (χ4n) is 3.34. The highest BCUT2D eigenvalue weighted by molar-refractivity contribution is 7.80. The molecule has 30 heavy (non-hydrogen) atoms. The summed E-state index contributed by atoms with van der Waals surface area (Å²) >= 11 is 5.84. The van der Waals surface area contributed by atoms with Crippen LogP contribution in [-0.4, -0.2) is 24.2 Å². The molecular formula is C25H28N2O2S. The molecule has 0 heterocycles. The summed E-state index contributed by atoms with van der Waals surface area (Å²) in [6.45, 7) is 3.45. The summed E-state index contributed by atoms with van der Waals surface area (Å²) < 4.78 is 10.9. The SMILES string of the molecule is CCc1ccccc1NC(=S)N(Cc1ccccc1)Cc1ccc(OC)cc1OC. The summed E-state index contributed by atoms with van der Waals surface area (Å²) in [6.07, 6.45) is 0.941. The van der Waals surface area contributed by atoms with Gasteiger partial charge in [0.05, 0.1) is 14.2 Å². The molecule has 0 aliphatic carbocycles. The Balaban J connectivity index is 1.87. The van der Waals surface area contributed by atoms with Gasteiger partial charge in [0.1, 0.15) is 11.5 Å². The Bertz CT molecular complexity index is 976. The fourth-order valence-corrected chi connectivity index (χ4v) is 3.58. The summed E-state index contributed by atoms with van der Waals surface area (Å²) in [7, 11) is 3.33. The zero-order valence-corrected chi connectivity index (χ0v) is 18.5. The van der Waals surface area contributed by atoms with Crippen molar-refractivity contribution in [3.05, 3.63) is 89.5 Å². The molecule has 0 aliphatic rings. The molecule has 0 saturated carbocycles. The first-order valence-corrected chi connectivity index (χ1v) is 10.4. The van der Waals surface area contributed by atoms with Crippen molar-refractivity contribution in [3.8, 4) is 11.5 Å². The van der Waals surface area contributed by atoms with Gasteiger partial charge in [0.2, 0.25) is 0 Å². The van der Waals surface area contributed by atoms with Gasteiger partial charge in [-0.05, 0) is 48.0 Å². The maximum Gasteiger partial charge on any atom is 0.174 e. The standard InChI is InChI=1S/C25H28N2O2S/c1-4-20-12-8-9-13-23(20)26-25(30)27(17-19-10-6-5-7-11-19)18-21-14-15-22(28-2)16-24(21)29-3/h5-16H,4,17-18H2,1-3H3,(H,26,30). The number of nitrogens with zero attached hydrogens (tertiary/aromatic N) is 1. The van der Waals surface area contributed by atoms with Gasteiger partial charge in [0.15, 0.2) is 5.11 Å². The van der Waals surface area contributed by atoms with Gasteiger partial charge in [-0.1, -0.05) is 55.5 Å². The number of hydrogen-bond acceptors (Lipinski definition) is 3. The first-order chi connectivity index (χ1) is 14.6. The van der Waals surface area contributed by atoms with E-state index in [2.05, 4.69) is 47.5 Å². The first kappa shape index (κ1) is 21.7. The lowest BCUT2D eigenvalue weighted by molar-refractivity contribution is 0.370. The Labute approximate surface area is 184 Å². The number of anilines is 1. The quantitative estimate of drug-likeness (QED) is 0.475. The van der Waals surface area contributed by atoms with Crippen molar-refractivity contribution in [1.29, 1.82) is 0 Å². The highest BCUT2D eigenvalue weighted by Crippen LogP contribution is 2.27. The van der Waals surface area contributed by atoms with Crippen LogP contribution in [0.3, 0.4) is 0 Å². The van der Waals surface area contributed by atoms with Crippen molar-refractivity contribution in [2.24, 2.45) is 0 Å². The summed E-state index contributed by atoms with van der Waals surface area (Å²) in [5, 5.41) is 4.13. The third-order valence-electron chi connectivity index (χ3n) is 5.00. The summed E-state index contributed by atoms with van der Waals surface area (Å²) in [6, 6.07) is 24.5. The van der Waals surface area contributed by atoms with Gasteiger partial charge < -0.3 is 19.7 Å². The van der Waals surface area contributed by atoms with E-state index in [-0.39, 0.29) is 0 Å². The summed E-state index contributed by atoms with van der Waals surface area (Å²) in [5.74, 6) is 1.55. The van der Waals surface area contributed by atoms with E-state index in [1.54, 1.807) is 14.2 Å². The Kier molecular flexibility index (Phi) is 7.69. The normalized spacial score (nSPS) is 10.4. The molecule has 3 aromatic rings. The van der Waals surface area contributed by atoms with Crippen LogP contribution in [-0.2, 0) is 19.5 Å². The zero-order chi connectivity index (χ0) is 21.3. The predicted octanol–water partition coefficient (Wildman–Crippen LogP) is 5.67. The van der Waals surface area contributed by atoms with E-state index < -0.39 is 0 Å². The van der Waals surface area contributed by atoms with Crippen molar-refractivity contribution < 1.29 is 9.47 Å². The molecule has 3 rings (SSSR count). The molecule has 0 saturated heterocycles. The highest BCUT2D eigenvalue weighted by Gasteiger charge is 2.16. The Morgan fingerprint density at radius 1 is 0.867 bits per heavy atom. The van der Waals surface area contributed by atoms with Crippen LogP contribution < -0.4 is 14.8 Å². The van der Waals surface area contributed by atoms with E-state index in [9.17, 15) is 0 Å². The average Bonchev–Trinajstić information content (AvgIpc) is 2.79. The van der Waals surface area contributed by atoms with Crippen LogP contribution in [0.2, 0.25) is 0 Å². The molecule has 0 radical (unpaired) electrons. The summed E-state index contributed by atoms with van der Waals surface area (Å²) in [5.41, 5.74) is 4.52. The zero-order valence-electron chi connectivity index (χ0n) is 17.7. The van der Waals surface area contributed by atoms with E-state index >= 15 is 0 Å². The van der Waals surface area contributed by atoms with Gasteiger partial charge in [-0.3, -0.25) is 0 Å². The molecule has 0 aromatic heterocycles. The molecule has 1 N–H and O–H groups in total. The number of aryl methyl sites for hydroxylation is 1. The van der Waals surface area contributed by atoms with Crippen molar-refractivity contribution in [2.75, 3.05) is 19.5 Å². The van der Waals surface area contributed by atoms with Gasteiger partial charge in [-0.15, -0.1) is 0 Å². The third kappa shape index (κ3) is 5.51. The second-order valence-electron chi connectivity index (χ2n) is 6.96. The molecule has 156 valence electrons. The van der Waals surface area contributed by atoms with Crippen LogP contribution in [0.1, 0.15) is 23.6 Å². The van der Waals surface area contributed by atoms with Gasteiger partial charge in [0.25, 0.3) is 0 Å². The summed E-state index contributed by atoms with van der Waals surface area (Å²) in [4.78, 5) is 2.15. The number of benzene rings is 3. The number of thiocarbonyl (C=S) groups is 1. The molecule has 0 amide bonds. The molecule has 3 aromatic carbocycles. The van der Waals surface area contributed by atoms with E-state index in [1.165, 1.54) is 11.1 Å². The molecule has 4 nitrogen and oxygen atoms in total. The van der Waals surface area contributed by atoms with Gasteiger partial charge >= 0.3 is 0 Å². The number of ether oxygens (including phenoxy) is 2. The molecule has 0 spiro atoms. The molecular weight excluding hydrogens is 392 g/mol. The second kappa shape index (κ2) is 10.6. The topological polar surface area (TPSA) is 33.7 Å². The number of hydrogen-bond donors (Lipinski definition) is 1. The van der Waals surface area contributed by atoms with Crippen LogP contribution in [0.5, 0.6) is 11.5 Å². The van der Waals surface area contributed by atoms with Gasteiger partial charge in [-0.25, -0.2) is 0 Å². The third-order valence-corrected chi connectivity index (χ3v) is 5.36. The van der Waals surface area contributed by atoms with E-state index in [1.807, 2.05) is 42.5 Å². The Morgan fingerprint density at radius 2 is 1.60 bits per heavy atom. The van der Waals surface area contributed by atoms with Crippen LogP contribution in [0.15, 0.2) is 72.8 Å². The molecule has 0 atom stereocenters. The Morgan fingerprint density at radius 3 is 2.30 bits per heavy atom. The number of methoxy groups -OCH3 is 2. The minimum absolute atomic E-state index is 0.613. The molecule has 0 bridgehead atoms. The van der Waals surface area contributed by atoms with E-state index in [4.69, 9.17) is 21.7 Å². The largest absolute Gasteiger partial charge is 0.497 e. The van der Waals surface area contributed by atoms with Gasteiger partial charge in [0, 0.05) is 30.4 Å². The van der Waals surface area contributed by atoms with Crippen LogP contribution in [0, 0.1) is 0 Å². The average molecular weight is 421 g/mol. The van der Waals surface area contributed by atoms with Crippen molar-refractivity contribution in [1.82, 2.24) is 4.90 Å². The maximum atomic E-state index is 5.84. The first-order valence-electron chi connectivity index (χ1n) is 10.0. The fraction of sp³-hybridized carbons (Fsp3) is 0.240. The van der Waals surface area contributed by atoms with Crippen LogP contribution in [0.4, 0.5) is 5.69 Å². The lowest BCUT2D eigenvalue weighted by Gasteiger charge is -2.27. The smallest absolute Gasteiger partial charge is 0.174 e. The Hall–Kier alpha value is -3.05. The second-order valence-corrected chi connectivity index (χ2v) is 7.35. The maximum absolute atomic E-state index is 5.84. The minimum atomic E-state index is 0.613. The van der Waals surface area contributed by atoms with E-state index in [0.717, 1.165) is 29.2 Å². The van der Waals surface area contributed by atoms with E-state index in [0.29, 0.717) is 18.2 Å². The predicted molar refractivity (Wildman–Crippen MR) is 127 cm³/mol. The molecule has 0 unspecified atom stereocenters. The van der Waals surface area contributed by atoms with Gasteiger partial charge in [-0.2, -0.15) is 0 Å². The number of nitrogens with one attached hydrogen (secondary N) is 1. The lowest BCUT2D eigenvalue weighted by atomic mass is 10.1. The van der Waals surface area contributed by atoms with Crippen LogP contribution in [0.25, 0.3) is 0 Å². The number of para-hydroxylation sites is 1. The van der Waals surface area contributed by atoms with Crippen molar-refractivity contribution in [2.45, 2.75) is 26.4 Å². The monoisotopic (exact) mass is 420 g/mol. The highest BCUT2D eigenvalue weighted by atomic mass is 32.1. The molecule has 0 aliphatic heterocycles. The van der Waals surface area contributed by atoms with Crippen molar-refractivity contribution in [3.63, 3.8) is 0 Å². The molecule has 0 fully saturated rings. The van der Waals surface area contributed by atoms with Crippen LogP contribution >= 0.6 is 12.2 Å². The minimum Gasteiger partial charge on any atom is -0.497 e. The van der Waals surface area contributed by atoms with Crippen molar-refractivity contribution >= 4 is 23.0 Å².